The summed E-state index contributed by atoms with van der Waals surface area (Å²) in [5.41, 5.74) is 1.13. The van der Waals surface area contributed by atoms with Gasteiger partial charge in [-0.3, -0.25) is 0 Å². The molecule has 1 heterocycles. The number of hydrogen-bond donors (Lipinski definition) is 1. The second-order valence-electron chi connectivity index (χ2n) is 5.37. The number of rotatable bonds is 7. The number of nitrogens with zero attached hydrogens (tertiary/aromatic N) is 1. The number of pyridine rings is 1. The molecular formula is C14H19ClN2O. The molecule has 0 aromatic carbocycles. The monoisotopic (exact) mass is 266 g/mol. The fourth-order valence-electron chi connectivity index (χ4n) is 1.95. The third-order valence-corrected chi connectivity index (χ3v) is 3.77. The second-order valence-corrected chi connectivity index (χ2v) is 5.77. The minimum absolute atomic E-state index is 0.576. The Balaban J connectivity index is 1.49. The number of ether oxygens (including phenoxy) is 1. The highest BCUT2D eigenvalue weighted by Crippen LogP contribution is 2.32. The van der Waals surface area contributed by atoms with Crippen LogP contribution in [0.2, 0.25) is 5.02 Å². The Kier molecular flexibility index (Phi) is 3.71. The van der Waals surface area contributed by atoms with Gasteiger partial charge in [0.1, 0.15) is 5.02 Å². The van der Waals surface area contributed by atoms with E-state index in [0.717, 1.165) is 31.1 Å². The topological polar surface area (TPSA) is 34.2 Å². The Morgan fingerprint density at radius 1 is 1.33 bits per heavy atom. The van der Waals surface area contributed by atoms with E-state index in [2.05, 4.69) is 10.3 Å². The van der Waals surface area contributed by atoms with Gasteiger partial charge >= 0.3 is 0 Å². The van der Waals surface area contributed by atoms with Gasteiger partial charge in [0.05, 0.1) is 6.61 Å². The van der Waals surface area contributed by atoms with E-state index in [1.54, 1.807) is 0 Å². The normalized spacial score (nSPS) is 18.9. The van der Waals surface area contributed by atoms with Crippen molar-refractivity contribution >= 4 is 11.6 Å². The van der Waals surface area contributed by atoms with Gasteiger partial charge in [0.2, 0.25) is 5.88 Å². The molecular weight excluding hydrogens is 248 g/mol. The van der Waals surface area contributed by atoms with Crippen LogP contribution in [0.15, 0.2) is 12.3 Å². The van der Waals surface area contributed by atoms with E-state index in [0.29, 0.717) is 16.9 Å². The first-order valence-electron chi connectivity index (χ1n) is 6.82. The molecule has 0 amide bonds. The maximum Gasteiger partial charge on any atom is 0.232 e. The van der Waals surface area contributed by atoms with Crippen LogP contribution in [0.5, 0.6) is 5.88 Å². The van der Waals surface area contributed by atoms with Crippen molar-refractivity contribution in [1.29, 1.82) is 0 Å². The highest BCUT2D eigenvalue weighted by molar-refractivity contribution is 6.31. The molecule has 4 heteroatoms. The predicted molar refractivity (Wildman–Crippen MR) is 71.9 cm³/mol. The maximum absolute atomic E-state index is 6.18. The summed E-state index contributed by atoms with van der Waals surface area (Å²) in [6.45, 7) is 1.58. The molecule has 0 saturated heterocycles. The molecule has 98 valence electrons. The summed E-state index contributed by atoms with van der Waals surface area (Å²) < 4.78 is 5.62. The van der Waals surface area contributed by atoms with Crippen molar-refractivity contribution in [2.75, 3.05) is 6.61 Å². The first-order valence-corrected chi connectivity index (χ1v) is 7.19. The quantitative estimate of drug-likeness (QED) is 0.823. The van der Waals surface area contributed by atoms with E-state index in [-0.39, 0.29) is 0 Å². The summed E-state index contributed by atoms with van der Waals surface area (Å²) in [6, 6.07) is 2.66. The van der Waals surface area contributed by atoms with Crippen LogP contribution >= 0.6 is 11.6 Å². The van der Waals surface area contributed by atoms with Crippen LogP contribution < -0.4 is 10.1 Å². The molecule has 2 aliphatic carbocycles. The van der Waals surface area contributed by atoms with Crippen LogP contribution in [0.3, 0.4) is 0 Å². The molecule has 2 aliphatic rings. The summed E-state index contributed by atoms with van der Waals surface area (Å²) >= 11 is 6.18. The third kappa shape index (κ3) is 3.59. The van der Waals surface area contributed by atoms with Crippen molar-refractivity contribution in [3.63, 3.8) is 0 Å². The zero-order chi connectivity index (χ0) is 12.4. The fourth-order valence-corrected chi connectivity index (χ4v) is 2.19. The number of nitrogens with one attached hydrogen (secondary N) is 1. The van der Waals surface area contributed by atoms with Crippen LogP contribution in [0, 0.1) is 5.92 Å². The van der Waals surface area contributed by atoms with Crippen LogP contribution in [-0.2, 0) is 6.54 Å². The molecule has 1 aromatic heterocycles. The third-order valence-electron chi connectivity index (χ3n) is 3.50. The van der Waals surface area contributed by atoms with Gasteiger partial charge in [-0.25, -0.2) is 4.98 Å². The van der Waals surface area contributed by atoms with Gasteiger partial charge in [-0.05, 0) is 36.8 Å². The summed E-state index contributed by atoms with van der Waals surface area (Å²) in [4.78, 5) is 4.30. The van der Waals surface area contributed by atoms with E-state index < -0.39 is 0 Å². The maximum atomic E-state index is 6.18. The largest absolute Gasteiger partial charge is 0.477 e. The minimum Gasteiger partial charge on any atom is -0.477 e. The van der Waals surface area contributed by atoms with Crippen molar-refractivity contribution in [1.82, 2.24) is 10.3 Å². The fraction of sp³-hybridized carbons (Fsp3) is 0.643. The first-order chi connectivity index (χ1) is 8.81. The summed E-state index contributed by atoms with van der Waals surface area (Å²) in [5, 5.41) is 4.07. The molecule has 2 fully saturated rings. The van der Waals surface area contributed by atoms with Gasteiger partial charge in [0, 0.05) is 18.8 Å². The van der Waals surface area contributed by atoms with Gasteiger partial charge in [-0.15, -0.1) is 0 Å². The van der Waals surface area contributed by atoms with Crippen molar-refractivity contribution in [3.05, 3.63) is 22.8 Å². The lowest BCUT2D eigenvalue weighted by molar-refractivity contribution is 0.291. The lowest BCUT2D eigenvalue weighted by Crippen LogP contribution is -2.15. The minimum atomic E-state index is 0.576. The van der Waals surface area contributed by atoms with Crippen LogP contribution in [0.4, 0.5) is 0 Å². The average molecular weight is 267 g/mol. The Morgan fingerprint density at radius 2 is 2.17 bits per heavy atom. The number of aromatic nitrogens is 1. The zero-order valence-corrected chi connectivity index (χ0v) is 11.2. The van der Waals surface area contributed by atoms with Crippen molar-refractivity contribution in [2.45, 2.75) is 44.7 Å². The lowest BCUT2D eigenvalue weighted by Gasteiger charge is -2.08. The molecule has 0 bridgehead atoms. The summed E-state index contributed by atoms with van der Waals surface area (Å²) in [6.07, 6.45) is 8.29. The Bertz CT molecular complexity index is 416. The van der Waals surface area contributed by atoms with Gasteiger partial charge < -0.3 is 10.1 Å². The predicted octanol–water partition coefficient (Wildman–Crippen LogP) is 3.17. The molecule has 0 unspecified atom stereocenters. The molecule has 0 aliphatic heterocycles. The van der Waals surface area contributed by atoms with E-state index in [4.69, 9.17) is 16.3 Å². The Morgan fingerprint density at radius 3 is 2.83 bits per heavy atom. The van der Waals surface area contributed by atoms with E-state index in [1.165, 1.54) is 25.7 Å². The van der Waals surface area contributed by atoms with E-state index >= 15 is 0 Å². The van der Waals surface area contributed by atoms with Crippen LogP contribution in [0.1, 0.15) is 37.7 Å². The van der Waals surface area contributed by atoms with Crippen molar-refractivity contribution in [2.24, 2.45) is 5.92 Å². The van der Waals surface area contributed by atoms with E-state index in [1.807, 2.05) is 12.3 Å². The molecule has 1 N–H and O–H groups in total. The van der Waals surface area contributed by atoms with Gasteiger partial charge in [0.15, 0.2) is 0 Å². The van der Waals surface area contributed by atoms with Gasteiger partial charge in [0.25, 0.3) is 0 Å². The Labute approximate surface area is 113 Å². The lowest BCUT2D eigenvalue weighted by atomic mass is 10.3. The van der Waals surface area contributed by atoms with E-state index in [9.17, 15) is 0 Å². The Hall–Kier alpha value is -0.800. The van der Waals surface area contributed by atoms with Crippen molar-refractivity contribution < 1.29 is 4.74 Å². The molecule has 3 rings (SSSR count). The second kappa shape index (κ2) is 5.45. The first kappa shape index (κ1) is 12.2. The number of halogens is 1. The molecule has 0 radical (unpaired) electrons. The number of hydrogen-bond acceptors (Lipinski definition) is 3. The average Bonchev–Trinajstić information content (AvgIpc) is 3.24. The van der Waals surface area contributed by atoms with Crippen LogP contribution in [0.25, 0.3) is 0 Å². The zero-order valence-electron chi connectivity index (χ0n) is 10.5. The van der Waals surface area contributed by atoms with Gasteiger partial charge in [-0.2, -0.15) is 0 Å². The molecule has 0 spiro atoms. The molecule has 0 atom stereocenters. The molecule has 18 heavy (non-hydrogen) atoms. The molecule has 2 saturated carbocycles. The van der Waals surface area contributed by atoms with Crippen molar-refractivity contribution in [3.8, 4) is 5.88 Å². The van der Waals surface area contributed by atoms with Crippen LogP contribution in [-0.4, -0.2) is 17.6 Å². The highest BCUT2D eigenvalue weighted by Gasteiger charge is 2.21. The highest BCUT2D eigenvalue weighted by atomic mass is 35.5. The molecule has 3 nitrogen and oxygen atoms in total. The van der Waals surface area contributed by atoms with Gasteiger partial charge in [-0.1, -0.05) is 24.4 Å². The smallest absolute Gasteiger partial charge is 0.232 e. The molecule has 1 aromatic rings. The summed E-state index contributed by atoms with van der Waals surface area (Å²) in [5.74, 6) is 1.46. The summed E-state index contributed by atoms with van der Waals surface area (Å²) in [7, 11) is 0. The SMILES string of the molecule is Clc1cc(CNC2CC2)cnc1OCCC1CC1. The standard InChI is InChI=1S/C14H19ClN2O/c15-13-7-11(8-16-12-3-4-12)9-17-14(13)18-6-5-10-1-2-10/h7,9-10,12,16H,1-6,8H2.